The number of nitrogens with zero attached hydrogens (tertiary/aromatic N) is 2. The average Bonchev–Trinajstić information content (AvgIpc) is 3.23. The molecule has 1 fully saturated rings. The maximum Gasteiger partial charge on any atom is 0.131 e. The van der Waals surface area contributed by atoms with Gasteiger partial charge in [0.25, 0.3) is 0 Å². The van der Waals surface area contributed by atoms with Crippen LogP contribution >= 0.6 is 0 Å². The van der Waals surface area contributed by atoms with Gasteiger partial charge in [0.2, 0.25) is 0 Å². The Bertz CT molecular complexity index is 574. The van der Waals surface area contributed by atoms with Crippen molar-refractivity contribution in [1.82, 2.24) is 9.97 Å². The van der Waals surface area contributed by atoms with E-state index >= 15 is 0 Å². The lowest BCUT2D eigenvalue weighted by molar-refractivity contribution is 0.907. The molecule has 0 aliphatic heterocycles. The number of aromatic nitrogens is 2. The van der Waals surface area contributed by atoms with Crippen LogP contribution in [-0.2, 0) is 6.54 Å². The molecule has 1 aliphatic rings. The highest BCUT2D eigenvalue weighted by atomic mass is 14.9. The summed E-state index contributed by atoms with van der Waals surface area (Å²) in [5.41, 5.74) is 10.2. The van der Waals surface area contributed by atoms with Crippen molar-refractivity contribution in [1.29, 1.82) is 0 Å². The molecule has 0 saturated heterocycles. The summed E-state index contributed by atoms with van der Waals surface area (Å²) in [6.07, 6.45) is 4.42. The molecule has 18 heavy (non-hydrogen) atoms. The highest BCUT2D eigenvalue weighted by Crippen LogP contribution is 2.38. The third kappa shape index (κ3) is 2.02. The Kier molecular flexibility index (Phi) is 2.84. The van der Waals surface area contributed by atoms with Gasteiger partial charge in [0.05, 0.1) is 0 Å². The summed E-state index contributed by atoms with van der Waals surface area (Å²) in [4.78, 5) is 9.14. The fourth-order valence-corrected chi connectivity index (χ4v) is 2.25. The highest BCUT2D eigenvalue weighted by Gasteiger charge is 2.26. The largest absolute Gasteiger partial charge is 0.326 e. The minimum atomic E-state index is 0.542. The SMILES string of the molecule is Cc1nc(C2CC2)ncc1-c1ccccc1CN. The Hall–Kier alpha value is -1.74. The summed E-state index contributed by atoms with van der Waals surface area (Å²) >= 11 is 0. The summed E-state index contributed by atoms with van der Waals surface area (Å²) < 4.78 is 0. The number of hydrogen-bond acceptors (Lipinski definition) is 3. The number of benzene rings is 1. The highest BCUT2D eigenvalue weighted by molar-refractivity contribution is 5.68. The number of aryl methyl sites for hydroxylation is 1. The van der Waals surface area contributed by atoms with Crippen LogP contribution in [-0.4, -0.2) is 9.97 Å². The first-order chi connectivity index (χ1) is 8.79. The number of hydrogen-bond donors (Lipinski definition) is 1. The van der Waals surface area contributed by atoms with E-state index in [0.29, 0.717) is 12.5 Å². The average molecular weight is 239 g/mol. The van der Waals surface area contributed by atoms with Gasteiger partial charge in [-0.3, -0.25) is 0 Å². The van der Waals surface area contributed by atoms with E-state index < -0.39 is 0 Å². The Labute approximate surface area is 107 Å². The van der Waals surface area contributed by atoms with Gasteiger partial charge in [-0.1, -0.05) is 24.3 Å². The Morgan fingerprint density at radius 1 is 1.22 bits per heavy atom. The van der Waals surface area contributed by atoms with Crippen molar-refractivity contribution in [2.45, 2.75) is 32.2 Å². The molecule has 0 spiro atoms. The molecule has 0 radical (unpaired) electrons. The Morgan fingerprint density at radius 2 is 2.00 bits per heavy atom. The molecule has 3 nitrogen and oxygen atoms in total. The van der Waals surface area contributed by atoms with Crippen LogP contribution in [0, 0.1) is 6.92 Å². The van der Waals surface area contributed by atoms with Crippen LogP contribution in [0.3, 0.4) is 0 Å². The molecular weight excluding hydrogens is 222 g/mol. The molecule has 0 unspecified atom stereocenters. The monoisotopic (exact) mass is 239 g/mol. The molecule has 0 bridgehead atoms. The zero-order valence-corrected chi connectivity index (χ0v) is 10.6. The molecule has 0 atom stereocenters. The smallest absolute Gasteiger partial charge is 0.131 e. The van der Waals surface area contributed by atoms with Gasteiger partial charge in [-0.05, 0) is 30.9 Å². The van der Waals surface area contributed by atoms with Crippen molar-refractivity contribution in [2.75, 3.05) is 0 Å². The summed E-state index contributed by atoms with van der Waals surface area (Å²) in [5, 5.41) is 0. The van der Waals surface area contributed by atoms with Gasteiger partial charge in [-0.15, -0.1) is 0 Å². The quantitative estimate of drug-likeness (QED) is 0.896. The van der Waals surface area contributed by atoms with E-state index in [9.17, 15) is 0 Å². The van der Waals surface area contributed by atoms with E-state index in [1.165, 1.54) is 12.8 Å². The first-order valence-corrected chi connectivity index (χ1v) is 6.41. The zero-order valence-electron chi connectivity index (χ0n) is 10.6. The summed E-state index contributed by atoms with van der Waals surface area (Å²) in [6, 6.07) is 8.19. The minimum absolute atomic E-state index is 0.542. The molecule has 1 aliphatic carbocycles. The van der Waals surface area contributed by atoms with Crippen LogP contribution in [0.1, 0.15) is 35.8 Å². The molecule has 2 N–H and O–H groups in total. The van der Waals surface area contributed by atoms with Gasteiger partial charge in [0.1, 0.15) is 5.82 Å². The maximum absolute atomic E-state index is 5.79. The lowest BCUT2D eigenvalue weighted by Crippen LogP contribution is -2.02. The predicted molar refractivity (Wildman–Crippen MR) is 72.1 cm³/mol. The van der Waals surface area contributed by atoms with Gasteiger partial charge < -0.3 is 5.73 Å². The molecule has 1 heterocycles. The number of rotatable bonds is 3. The van der Waals surface area contributed by atoms with E-state index in [1.807, 2.05) is 18.3 Å². The van der Waals surface area contributed by atoms with Crippen LogP contribution in [0.5, 0.6) is 0 Å². The molecule has 92 valence electrons. The second-order valence-electron chi connectivity index (χ2n) is 4.86. The van der Waals surface area contributed by atoms with Crippen molar-refractivity contribution in [3.8, 4) is 11.1 Å². The Morgan fingerprint density at radius 3 is 2.67 bits per heavy atom. The van der Waals surface area contributed by atoms with Gasteiger partial charge in [-0.25, -0.2) is 9.97 Å². The van der Waals surface area contributed by atoms with Crippen molar-refractivity contribution in [3.63, 3.8) is 0 Å². The summed E-state index contributed by atoms with van der Waals surface area (Å²) in [5.74, 6) is 1.60. The maximum atomic E-state index is 5.79. The van der Waals surface area contributed by atoms with Crippen LogP contribution in [0.2, 0.25) is 0 Å². The second-order valence-corrected chi connectivity index (χ2v) is 4.86. The standard InChI is InChI=1S/C15H17N3/c1-10-14(9-17-15(18-10)11-6-7-11)13-5-3-2-4-12(13)8-16/h2-5,9,11H,6-8,16H2,1H3. The van der Waals surface area contributed by atoms with E-state index in [1.54, 1.807) is 0 Å². The van der Waals surface area contributed by atoms with Gasteiger partial charge >= 0.3 is 0 Å². The van der Waals surface area contributed by atoms with E-state index in [0.717, 1.165) is 28.2 Å². The number of nitrogens with two attached hydrogens (primary N) is 1. The third-order valence-electron chi connectivity index (χ3n) is 3.47. The first kappa shape index (κ1) is 11.4. The van der Waals surface area contributed by atoms with E-state index in [4.69, 9.17) is 5.73 Å². The molecule has 1 aromatic heterocycles. The van der Waals surface area contributed by atoms with Crippen molar-refractivity contribution < 1.29 is 0 Å². The molecule has 1 saturated carbocycles. The van der Waals surface area contributed by atoms with Gasteiger partial charge in [-0.2, -0.15) is 0 Å². The van der Waals surface area contributed by atoms with Gasteiger partial charge in [0.15, 0.2) is 0 Å². The zero-order chi connectivity index (χ0) is 12.5. The molecule has 3 heteroatoms. The van der Waals surface area contributed by atoms with E-state index in [2.05, 4.69) is 29.0 Å². The lowest BCUT2D eigenvalue weighted by Gasteiger charge is -2.10. The normalized spacial score (nSPS) is 14.8. The minimum Gasteiger partial charge on any atom is -0.326 e. The lowest BCUT2D eigenvalue weighted by atomic mass is 10.00. The third-order valence-corrected chi connectivity index (χ3v) is 3.47. The van der Waals surface area contributed by atoms with Crippen LogP contribution in [0.4, 0.5) is 0 Å². The fraction of sp³-hybridized carbons (Fsp3) is 0.333. The fourth-order valence-electron chi connectivity index (χ4n) is 2.25. The molecule has 0 amide bonds. The molecule has 1 aromatic carbocycles. The second kappa shape index (κ2) is 4.50. The molecule has 2 aromatic rings. The van der Waals surface area contributed by atoms with Crippen LogP contribution < -0.4 is 5.73 Å². The van der Waals surface area contributed by atoms with Crippen LogP contribution in [0.25, 0.3) is 11.1 Å². The van der Waals surface area contributed by atoms with Crippen molar-refractivity contribution in [2.24, 2.45) is 5.73 Å². The topological polar surface area (TPSA) is 51.8 Å². The Balaban J connectivity index is 2.05. The van der Waals surface area contributed by atoms with Crippen molar-refractivity contribution >= 4 is 0 Å². The predicted octanol–water partition coefficient (Wildman–Crippen LogP) is 2.79. The molecule has 3 rings (SSSR count). The van der Waals surface area contributed by atoms with Crippen LogP contribution in [0.15, 0.2) is 30.5 Å². The van der Waals surface area contributed by atoms with Gasteiger partial charge in [0, 0.05) is 29.9 Å². The first-order valence-electron chi connectivity index (χ1n) is 6.41. The molecular formula is C15H17N3. The summed E-state index contributed by atoms with van der Waals surface area (Å²) in [6.45, 7) is 2.59. The summed E-state index contributed by atoms with van der Waals surface area (Å²) in [7, 11) is 0. The van der Waals surface area contributed by atoms with E-state index in [-0.39, 0.29) is 0 Å². The van der Waals surface area contributed by atoms with Crippen molar-refractivity contribution in [3.05, 3.63) is 47.5 Å².